The number of nitrogens with zero attached hydrogens (tertiary/aromatic N) is 2. The number of hydrogen-bond acceptors (Lipinski definition) is 4. The van der Waals surface area contributed by atoms with Gasteiger partial charge in [-0.2, -0.15) is 0 Å². The van der Waals surface area contributed by atoms with Crippen molar-refractivity contribution in [2.75, 3.05) is 45.2 Å². The predicted octanol–water partition coefficient (Wildman–Crippen LogP) is 4.02. The van der Waals surface area contributed by atoms with Crippen LogP contribution in [-0.2, 0) is 20.9 Å². The zero-order valence-electron chi connectivity index (χ0n) is 21.4. The molecule has 0 aromatic heterocycles. The van der Waals surface area contributed by atoms with Gasteiger partial charge in [0.25, 0.3) is 5.91 Å². The second kappa shape index (κ2) is 12.0. The molecule has 3 rings (SSSR count). The highest BCUT2D eigenvalue weighted by Crippen LogP contribution is 2.29. The number of para-hydroxylation sites is 1. The number of methoxy groups -OCH3 is 1. The number of likely N-dealkylation sites (tertiary alicyclic amines) is 1. The molecule has 0 spiro atoms. The molecule has 0 radical (unpaired) electrons. The standard InChI is InChI=1S/C28H37N3O4/c1-5-30(6-2)27(33)23-15-11-17-31(19-23,18-22-13-8-7-9-14-22)20-25(32)29-26-21(3)12-10-16-24(26)28(34)35-4/h7-10,12-14,16,23H,5-6,11,15,17-20H2,1-4H3/p+1. The summed E-state index contributed by atoms with van der Waals surface area (Å²) < 4.78 is 5.42. The minimum atomic E-state index is -0.486. The molecule has 2 unspecified atom stereocenters. The van der Waals surface area contributed by atoms with Crippen molar-refractivity contribution in [1.82, 2.24) is 4.90 Å². The summed E-state index contributed by atoms with van der Waals surface area (Å²) in [5.74, 6) is -0.585. The van der Waals surface area contributed by atoms with Gasteiger partial charge in [-0.1, -0.05) is 42.5 Å². The van der Waals surface area contributed by atoms with Gasteiger partial charge in [0.2, 0.25) is 5.91 Å². The number of ether oxygens (including phenoxy) is 1. The van der Waals surface area contributed by atoms with Gasteiger partial charge in [0, 0.05) is 18.7 Å². The minimum Gasteiger partial charge on any atom is -0.465 e. The lowest BCUT2D eigenvalue weighted by molar-refractivity contribution is -0.940. The third-order valence-corrected chi connectivity index (χ3v) is 7.00. The number of nitrogens with one attached hydrogen (secondary N) is 1. The molecule has 2 aromatic carbocycles. The molecule has 2 atom stereocenters. The molecular formula is C28H38N3O4+. The lowest BCUT2D eigenvalue weighted by Crippen LogP contribution is -2.59. The fourth-order valence-corrected chi connectivity index (χ4v) is 5.23. The molecule has 1 saturated heterocycles. The maximum absolute atomic E-state index is 13.4. The van der Waals surface area contributed by atoms with Gasteiger partial charge in [-0.25, -0.2) is 4.79 Å². The van der Waals surface area contributed by atoms with Crippen molar-refractivity contribution in [1.29, 1.82) is 0 Å². The molecule has 35 heavy (non-hydrogen) atoms. The van der Waals surface area contributed by atoms with Crippen LogP contribution in [0.1, 0.15) is 48.2 Å². The Morgan fingerprint density at radius 2 is 1.77 bits per heavy atom. The van der Waals surface area contributed by atoms with Crippen LogP contribution in [0.15, 0.2) is 48.5 Å². The van der Waals surface area contributed by atoms with Crippen molar-refractivity contribution in [3.63, 3.8) is 0 Å². The first-order chi connectivity index (χ1) is 16.8. The summed E-state index contributed by atoms with van der Waals surface area (Å²) in [5, 5.41) is 2.99. The average molecular weight is 481 g/mol. The zero-order valence-corrected chi connectivity index (χ0v) is 21.4. The van der Waals surface area contributed by atoms with E-state index in [0.29, 0.717) is 41.9 Å². The first-order valence-electron chi connectivity index (χ1n) is 12.5. The summed E-state index contributed by atoms with van der Waals surface area (Å²) in [7, 11) is 1.33. The lowest BCUT2D eigenvalue weighted by atomic mass is 9.93. The van der Waals surface area contributed by atoms with E-state index in [1.807, 2.05) is 49.9 Å². The number of benzene rings is 2. The summed E-state index contributed by atoms with van der Waals surface area (Å²) in [4.78, 5) is 40.9. The maximum atomic E-state index is 13.4. The van der Waals surface area contributed by atoms with Gasteiger partial charge in [0.1, 0.15) is 6.54 Å². The van der Waals surface area contributed by atoms with E-state index in [4.69, 9.17) is 4.74 Å². The van der Waals surface area contributed by atoms with Crippen LogP contribution < -0.4 is 5.32 Å². The number of piperidine rings is 1. The maximum Gasteiger partial charge on any atom is 0.339 e. The molecule has 0 aliphatic carbocycles. The number of quaternary nitrogens is 1. The number of amides is 2. The molecule has 1 fully saturated rings. The lowest BCUT2D eigenvalue weighted by Gasteiger charge is -2.44. The van der Waals surface area contributed by atoms with Crippen molar-refractivity contribution in [2.24, 2.45) is 5.92 Å². The van der Waals surface area contributed by atoms with Crippen LogP contribution in [0.5, 0.6) is 0 Å². The number of anilines is 1. The van der Waals surface area contributed by atoms with E-state index in [2.05, 4.69) is 17.4 Å². The molecule has 1 heterocycles. The Hall–Kier alpha value is -3.19. The van der Waals surface area contributed by atoms with Gasteiger partial charge in [-0.15, -0.1) is 0 Å². The molecule has 188 valence electrons. The number of hydrogen-bond donors (Lipinski definition) is 1. The van der Waals surface area contributed by atoms with Crippen LogP contribution in [0.2, 0.25) is 0 Å². The number of esters is 1. The van der Waals surface area contributed by atoms with E-state index in [-0.39, 0.29) is 24.3 Å². The van der Waals surface area contributed by atoms with Crippen molar-refractivity contribution < 1.29 is 23.6 Å². The van der Waals surface area contributed by atoms with Gasteiger partial charge < -0.3 is 19.4 Å². The Morgan fingerprint density at radius 3 is 2.43 bits per heavy atom. The van der Waals surface area contributed by atoms with Crippen molar-refractivity contribution >= 4 is 23.5 Å². The van der Waals surface area contributed by atoms with Gasteiger partial charge in [-0.05, 0) is 45.2 Å². The summed E-state index contributed by atoms with van der Waals surface area (Å²) in [5.41, 5.74) is 2.75. The molecule has 0 saturated carbocycles. The number of carbonyl (C=O) groups excluding carboxylic acids is 3. The van der Waals surface area contributed by atoms with E-state index in [1.54, 1.807) is 12.1 Å². The number of carbonyl (C=O) groups is 3. The molecule has 2 aromatic rings. The Balaban J connectivity index is 1.88. The van der Waals surface area contributed by atoms with Gasteiger partial charge in [0.05, 0.1) is 37.4 Å². The van der Waals surface area contributed by atoms with E-state index in [9.17, 15) is 14.4 Å². The normalized spacial score (nSPS) is 19.6. The smallest absolute Gasteiger partial charge is 0.339 e. The van der Waals surface area contributed by atoms with Crippen LogP contribution in [0, 0.1) is 12.8 Å². The Labute approximate surface area is 208 Å². The van der Waals surface area contributed by atoms with Crippen LogP contribution in [0.4, 0.5) is 5.69 Å². The molecular weight excluding hydrogens is 442 g/mol. The molecule has 1 aliphatic rings. The quantitative estimate of drug-likeness (QED) is 0.435. The van der Waals surface area contributed by atoms with E-state index in [0.717, 1.165) is 30.5 Å². The molecule has 2 amide bonds. The molecule has 0 bridgehead atoms. The molecule has 7 nitrogen and oxygen atoms in total. The minimum absolute atomic E-state index is 0.107. The average Bonchev–Trinajstić information content (AvgIpc) is 2.86. The summed E-state index contributed by atoms with van der Waals surface area (Å²) in [6.45, 7) is 9.59. The van der Waals surface area contributed by atoms with Crippen molar-refractivity contribution in [3.05, 3.63) is 65.2 Å². The van der Waals surface area contributed by atoms with Gasteiger partial charge in [-0.3, -0.25) is 9.59 Å². The second-order valence-electron chi connectivity index (χ2n) is 9.44. The van der Waals surface area contributed by atoms with E-state index < -0.39 is 5.97 Å². The number of rotatable bonds is 9. The van der Waals surface area contributed by atoms with Crippen molar-refractivity contribution in [3.8, 4) is 0 Å². The van der Waals surface area contributed by atoms with Crippen LogP contribution in [-0.4, -0.2) is 67.0 Å². The predicted molar refractivity (Wildman–Crippen MR) is 137 cm³/mol. The molecule has 1 N–H and O–H groups in total. The second-order valence-corrected chi connectivity index (χ2v) is 9.44. The highest BCUT2D eigenvalue weighted by atomic mass is 16.5. The van der Waals surface area contributed by atoms with E-state index >= 15 is 0 Å². The van der Waals surface area contributed by atoms with Gasteiger partial charge in [0.15, 0.2) is 6.54 Å². The largest absolute Gasteiger partial charge is 0.465 e. The van der Waals surface area contributed by atoms with E-state index in [1.165, 1.54) is 7.11 Å². The Bertz CT molecular complexity index is 1040. The first kappa shape index (κ1) is 26.4. The monoisotopic (exact) mass is 480 g/mol. The third kappa shape index (κ3) is 6.48. The Morgan fingerprint density at radius 1 is 1.06 bits per heavy atom. The van der Waals surface area contributed by atoms with Crippen LogP contribution >= 0.6 is 0 Å². The third-order valence-electron chi connectivity index (χ3n) is 7.00. The summed E-state index contributed by atoms with van der Waals surface area (Å²) in [6.07, 6.45) is 1.73. The fraction of sp³-hybridized carbons (Fsp3) is 0.464. The van der Waals surface area contributed by atoms with Crippen molar-refractivity contribution in [2.45, 2.75) is 40.2 Å². The highest BCUT2D eigenvalue weighted by Gasteiger charge is 2.41. The zero-order chi connectivity index (χ0) is 25.4. The van der Waals surface area contributed by atoms with Crippen LogP contribution in [0.3, 0.4) is 0 Å². The molecule has 7 heteroatoms. The SMILES string of the molecule is CCN(CC)C(=O)C1CCC[N+](CC(=O)Nc2c(C)cccc2C(=O)OC)(Cc2ccccc2)C1. The number of aryl methyl sites for hydroxylation is 1. The van der Waals surface area contributed by atoms with Crippen LogP contribution in [0.25, 0.3) is 0 Å². The molecule has 1 aliphatic heterocycles. The summed E-state index contributed by atoms with van der Waals surface area (Å²) >= 11 is 0. The fourth-order valence-electron chi connectivity index (χ4n) is 5.23. The van der Waals surface area contributed by atoms with Gasteiger partial charge >= 0.3 is 5.97 Å². The first-order valence-corrected chi connectivity index (χ1v) is 12.5. The summed E-state index contributed by atoms with van der Waals surface area (Å²) in [6, 6.07) is 15.4. The topological polar surface area (TPSA) is 75.7 Å². The Kier molecular flexibility index (Phi) is 9.04. The highest BCUT2D eigenvalue weighted by molar-refractivity contribution is 6.02.